The minimum Gasteiger partial charge on any atom is -0.481 e. The Morgan fingerprint density at radius 2 is 2.22 bits per heavy atom. The molecule has 0 radical (unpaired) electrons. The molecule has 104 valence electrons. The molecule has 1 unspecified atom stereocenters. The molecule has 18 heavy (non-hydrogen) atoms. The molecule has 0 bridgehead atoms. The Bertz CT molecular complexity index is 294. The van der Waals surface area contributed by atoms with Crippen LogP contribution in [0.3, 0.4) is 0 Å². The van der Waals surface area contributed by atoms with Crippen molar-refractivity contribution in [3.63, 3.8) is 0 Å². The highest BCUT2D eigenvalue weighted by molar-refractivity contribution is 5.75. The summed E-state index contributed by atoms with van der Waals surface area (Å²) in [5, 5.41) is 11.1. The minimum atomic E-state index is -0.908. The van der Waals surface area contributed by atoms with E-state index in [0.717, 1.165) is 6.42 Å². The van der Waals surface area contributed by atoms with Gasteiger partial charge < -0.3 is 20.1 Å². The van der Waals surface area contributed by atoms with Crippen LogP contribution in [0, 0.1) is 5.92 Å². The summed E-state index contributed by atoms with van der Waals surface area (Å²) in [7, 11) is 0. The summed E-state index contributed by atoms with van der Waals surface area (Å²) in [6.07, 6.45) is 0.817. The Kier molecular flexibility index (Phi) is 5.91. The molecule has 1 aliphatic rings. The van der Waals surface area contributed by atoms with Gasteiger partial charge in [-0.25, -0.2) is 4.79 Å². The summed E-state index contributed by atoms with van der Waals surface area (Å²) in [5.41, 5.74) is 0. The van der Waals surface area contributed by atoms with Crippen molar-refractivity contribution in [2.75, 3.05) is 26.2 Å². The normalized spacial score (nSPS) is 20.6. The van der Waals surface area contributed by atoms with Crippen LogP contribution in [0.4, 0.5) is 4.79 Å². The van der Waals surface area contributed by atoms with E-state index in [1.807, 2.05) is 0 Å². The van der Waals surface area contributed by atoms with Crippen molar-refractivity contribution in [2.24, 2.45) is 5.92 Å². The van der Waals surface area contributed by atoms with Gasteiger partial charge >= 0.3 is 12.0 Å². The number of carboxylic acid groups (broad SMARTS) is 1. The number of ether oxygens (including phenoxy) is 1. The second-order valence-electron chi connectivity index (χ2n) is 4.83. The van der Waals surface area contributed by atoms with E-state index in [9.17, 15) is 9.59 Å². The smallest absolute Gasteiger partial charge is 0.317 e. The van der Waals surface area contributed by atoms with Crippen molar-refractivity contribution >= 4 is 12.0 Å². The average Bonchev–Trinajstić information content (AvgIpc) is 2.53. The van der Waals surface area contributed by atoms with Gasteiger partial charge in [0.15, 0.2) is 0 Å². The van der Waals surface area contributed by atoms with Gasteiger partial charge in [-0.05, 0) is 12.3 Å². The molecule has 1 heterocycles. The van der Waals surface area contributed by atoms with E-state index >= 15 is 0 Å². The van der Waals surface area contributed by atoms with Gasteiger partial charge in [-0.15, -0.1) is 0 Å². The number of carbonyl (C=O) groups is 2. The molecule has 2 N–H and O–H groups in total. The summed E-state index contributed by atoms with van der Waals surface area (Å²) in [6, 6.07) is -0.201. The van der Waals surface area contributed by atoms with Crippen LogP contribution >= 0.6 is 0 Å². The van der Waals surface area contributed by atoms with Crippen LogP contribution < -0.4 is 5.32 Å². The maximum Gasteiger partial charge on any atom is 0.317 e. The van der Waals surface area contributed by atoms with E-state index < -0.39 is 5.97 Å². The fourth-order valence-corrected chi connectivity index (χ4v) is 1.83. The van der Waals surface area contributed by atoms with Gasteiger partial charge in [0.25, 0.3) is 0 Å². The molecule has 1 atom stereocenters. The fourth-order valence-electron chi connectivity index (χ4n) is 1.83. The van der Waals surface area contributed by atoms with Crippen LogP contribution in [0.5, 0.6) is 0 Å². The lowest BCUT2D eigenvalue weighted by atomic mass is 10.1. The van der Waals surface area contributed by atoms with Crippen LogP contribution in [0.2, 0.25) is 0 Å². The number of aliphatic carboxylic acids is 1. The van der Waals surface area contributed by atoms with E-state index in [1.54, 1.807) is 4.90 Å². The Morgan fingerprint density at radius 3 is 2.83 bits per heavy atom. The summed E-state index contributed by atoms with van der Waals surface area (Å²) in [5.74, 6) is -0.549. The molecule has 0 aromatic heterocycles. The van der Waals surface area contributed by atoms with Crippen molar-refractivity contribution in [2.45, 2.75) is 32.8 Å². The van der Waals surface area contributed by atoms with Crippen molar-refractivity contribution < 1.29 is 19.4 Å². The van der Waals surface area contributed by atoms with Crippen LogP contribution in [0.15, 0.2) is 0 Å². The molecule has 6 heteroatoms. The number of carbonyl (C=O) groups excluding carboxylic acids is 1. The molecular weight excluding hydrogens is 236 g/mol. The number of nitrogens with zero attached hydrogens (tertiary/aromatic N) is 1. The number of nitrogens with one attached hydrogen (secondary N) is 1. The molecule has 1 aliphatic heterocycles. The zero-order valence-electron chi connectivity index (χ0n) is 11.0. The predicted molar refractivity (Wildman–Crippen MR) is 66.4 cm³/mol. The van der Waals surface area contributed by atoms with Crippen LogP contribution in [-0.4, -0.2) is 54.4 Å². The van der Waals surface area contributed by atoms with Gasteiger partial charge in [0.2, 0.25) is 0 Å². The maximum atomic E-state index is 11.9. The zero-order chi connectivity index (χ0) is 13.5. The lowest BCUT2D eigenvalue weighted by Crippen LogP contribution is -2.44. The molecular formula is C12H22N2O4. The predicted octanol–water partition coefficient (Wildman–Crippen LogP) is 0.918. The number of amides is 2. The lowest BCUT2D eigenvalue weighted by molar-refractivity contribution is -0.136. The van der Waals surface area contributed by atoms with Crippen molar-refractivity contribution in [1.82, 2.24) is 10.2 Å². The molecule has 0 aromatic carbocycles. The first-order valence-electron chi connectivity index (χ1n) is 6.37. The van der Waals surface area contributed by atoms with Crippen molar-refractivity contribution in [3.8, 4) is 0 Å². The average molecular weight is 258 g/mol. The Labute approximate surface area is 107 Å². The topological polar surface area (TPSA) is 78.9 Å². The zero-order valence-corrected chi connectivity index (χ0v) is 11.0. The summed E-state index contributed by atoms with van der Waals surface area (Å²) in [6.45, 7) is 6.19. The first kappa shape index (κ1) is 14.8. The van der Waals surface area contributed by atoms with E-state index in [4.69, 9.17) is 9.84 Å². The quantitative estimate of drug-likeness (QED) is 0.786. The number of hydrogen-bond donors (Lipinski definition) is 2. The fraction of sp³-hybridized carbons (Fsp3) is 0.833. The van der Waals surface area contributed by atoms with Crippen LogP contribution in [0.1, 0.15) is 26.7 Å². The number of hydrogen-bond acceptors (Lipinski definition) is 3. The molecule has 1 fully saturated rings. The van der Waals surface area contributed by atoms with Gasteiger partial charge in [0.1, 0.15) is 0 Å². The van der Waals surface area contributed by atoms with Gasteiger partial charge in [-0.3, -0.25) is 4.79 Å². The van der Waals surface area contributed by atoms with Crippen molar-refractivity contribution in [1.29, 1.82) is 0 Å². The largest absolute Gasteiger partial charge is 0.481 e. The highest BCUT2D eigenvalue weighted by Crippen LogP contribution is 2.13. The van der Waals surface area contributed by atoms with E-state index in [1.165, 1.54) is 0 Å². The monoisotopic (exact) mass is 258 g/mol. The third-order valence-corrected chi connectivity index (χ3v) is 2.95. The lowest BCUT2D eigenvalue weighted by Gasteiger charge is -2.26. The number of rotatable bonds is 4. The van der Waals surface area contributed by atoms with Gasteiger partial charge in [0.05, 0.1) is 12.5 Å². The third kappa shape index (κ3) is 4.91. The second kappa shape index (κ2) is 7.20. The number of urea groups is 1. The van der Waals surface area contributed by atoms with Crippen LogP contribution in [0.25, 0.3) is 0 Å². The Hall–Kier alpha value is -1.30. The third-order valence-electron chi connectivity index (χ3n) is 2.95. The van der Waals surface area contributed by atoms with E-state index in [-0.39, 0.29) is 25.1 Å². The molecule has 1 saturated heterocycles. The highest BCUT2D eigenvalue weighted by atomic mass is 16.5. The molecule has 0 saturated carbocycles. The molecule has 6 nitrogen and oxygen atoms in total. The van der Waals surface area contributed by atoms with Crippen molar-refractivity contribution in [3.05, 3.63) is 0 Å². The van der Waals surface area contributed by atoms with Gasteiger partial charge in [-0.2, -0.15) is 0 Å². The van der Waals surface area contributed by atoms with Gasteiger partial charge in [-0.1, -0.05) is 13.8 Å². The highest BCUT2D eigenvalue weighted by Gasteiger charge is 2.24. The summed E-state index contributed by atoms with van der Waals surface area (Å²) in [4.78, 5) is 23.9. The Morgan fingerprint density at radius 1 is 1.50 bits per heavy atom. The molecule has 0 spiro atoms. The van der Waals surface area contributed by atoms with E-state index in [2.05, 4.69) is 19.2 Å². The first-order valence-corrected chi connectivity index (χ1v) is 6.37. The minimum absolute atomic E-state index is 0.0519. The molecule has 1 rings (SSSR count). The van der Waals surface area contributed by atoms with E-state index in [0.29, 0.717) is 25.6 Å². The summed E-state index contributed by atoms with van der Waals surface area (Å²) >= 11 is 0. The van der Waals surface area contributed by atoms with Crippen LogP contribution in [-0.2, 0) is 9.53 Å². The SMILES string of the molecule is CC(C)C1CN(C(=O)NCCC(=O)O)CCCO1. The second-order valence-corrected chi connectivity index (χ2v) is 4.83. The van der Waals surface area contributed by atoms with Gasteiger partial charge in [0, 0.05) is 26.2 Å². The molecule has 0 aromatic rings. The first-order chi connectivity index (χ1) is 8.50. The molecule has 2 amide bonds. The standard InChI is InChI=1S/C12H22N2O4/c1-9(2)10-8-14(6-3-7-18-10)12(17)13-5-4-11(15)16/h9-10H,3-8H2,1-2H3,(H,13,17)(H,15,16). The molecule has 0 aliphatic carbocycles. The maximum absolute atomic E-state index is 11.9. The number of carboxylic acids is 1. The Balaban J connectivity index is 2.42. The summed E-state index contributed by atoms with van der Waals surface area (Å²) < 4.78 is 5.67.